The number of hydrogen-bond donors (Lipinski definition) is 1. The fourth-order valence-electron chi connectivity index (χ4n) is 1.62. The molecule has 1 heterocycles. The molecule has 0 aromatic rings. The largest absolute Gasteiger partial charge is 0.286 e. The number of rotatable bonds is 3. The highest BCUT2D eigenvalue weighted by Crippen LogP contribution is 2.32. The van der Waals surface area contributed by atoms with Gasteiger partial charge in [-0.1, -0.05) is 10.8 Å². The third-order valence-electron chi connectivity index (χ3n) is 2.69. The minimum absolute atomic E-state index is 0.0350. The maximum absolute atomic E-state index is 11.3. The van der Waals surface area contributed by atoms with Crippen LogP contribution in [0.4, 0.5) is 0 Å². The molecule has 0 aliphatic carbocycles. The van der Waals surface area contributed by atoms with Crippen molar-refractivity contribution in [2.45, 2.75) is 18.7 Å². The van der Waals surface area contributed by atoms with E-state index in [1.807, 2.05) is 0 Å². The molecule has 0 aromatic heterocycles. The Kier molecular flexibility index (Phi) is 4.39. The summed E-state index contributed by atoms with van der Waals surface area (Å²) < 4.78 is 24.1. The zero-order valence-corrected chi connectivity index (χ0v) is 11.8. The van der Waals surface area contributed by atoms with E-state index in [0.29, 0.717) is 13.1 Å². The van der Waals surface area contributed by atoms with Gasteiger partial charge in [-0.15, -0.1) is 11.7 Å². The van der Waals surface area contributed by atoms with E-state index < -0.39 is 10.0 Å². The lowest BCUT2D eigenvalue weighted by Crippen LogP contribution is -2.54. The zero-order chi connectivity index (χ0) is 11.7. The van der Waals surface area contributed by atoms with Gasteiger partial charge >= 0.3 is 0 Å². The molecule has 1 rings (SSSR count). The van der Waals surface area contributed by atoms with Gasteiger partial charge in [0.1, 0.15) is 0 Å². The summed E-state index contributed by atoms with van der Waals surface area (Å²) in [6, 6.07) is 0. The average Bonchev–Trinajstić information content (AvgIpc) is 2.17. The SMILES string of the molecule is CC(C)(SS)N1CCN(S(C)(=O)=O)CC1. The van der Waals surface area contributed by atoms with Crippen molar-refractivity contribution in [1.82, 2.24) is 9.21 Å². The molecule has 15 heavy (non-hydrogen) atoms. The van der Waals surface area contributed by atoms with E-state index in [1.165, 1.54) is 21.4 Å². The van der Waals surface area contributed by atoms with E-state index in [4.69, 9.17) is 0 Å². The molecular weight excluding hydrogens is 252 g/mol. The third-order valence-corrected chi connectivity index (χ3v) is 6.04. The van der Waals surface area contributed by atoms with Crippen LogP contribution in [0.25, 0.3) is 0 Å². The summed E-state index contributed by atoms with van der Waals surface area (Å²) in [6.07, 6.45) is 1.27. The predicted octanol–water partition coefficient (Wildman–Crippen LogP) is 0.878. The fourth-order valence-corrected chi connectivity index (χ4v) is 3.09. The molecule has 0 aromatic carbocycles. The van der Waals surface area contributed by atoms with Crippen LogP contribution in [-0.4, -0.2) is 54.9 Å². The van der Waals surface area contributed by atoms with Crippen LogP contribution in [0.5, 0.6) is 0 Å². The summed E-state index contributed by atoms with van der Waals surface area (Å²) in [6.45, 7) is 6.90. The fraction of sp³-hybridized carbons (Fsp3) is 1.00. The number of thiol groups is 1. The molecule has 1 aliphatic rings. The van der Waals surface area contributed by atoms with Crippen LogP contribution in [-0.2, 0) is 10.0 Å². The van der Waals surface area contributed by atoms with Crippen LogP contribution in [0.1, 0.15) is 13.8 Å². The van der Waals surface area contributed by atoms with Crippen LogP contribution in [0.3, 0.4) is 0 Å². The Labute approximate surface area is 101 Å². The molecule has 0 unspecified atom stereocenters. The molecule has 4 nitrogen and oxygen atoms in total. The van der Waals surface area contributed by atoms with Gasteiger partial charge in [0.25, 0.3) is 0 Å². The third kappa shape index (κ3) is 3.52. The Bertz CT molecular complexity index is 308. The van der Waals surface area contributed by atoms with E-state index in [2.05, 4.69) is 30.4 Å². The van der Waals surface area contributed by atoms with Crippen molar-refractivity contribution in [2.75, 3.05) is 32.4 Å². The Morgan fingerprint density at radius 1 is 1.20 bits per heavy atom. The molecular formula is C8H18N2O2S3. The highest BCUT2D eigenvalue weighted by Gasteiger charge is 2.31. The minimum Gasteiger partial charge on any atom is -0.286 e. The lowest BCUT2D eigenvalue weighted by Gasteiger charge is -2.41. The van der Waals surface area contributed by atoms with Crippen molar-refractivity contribution in [1.29, 1.82) is 0 Å². The van der Waals surface area contributed by atoms with Gasteiger partial charge in [0.05, 0.1) is 11.1 Å². The highest BCUT2D eigenvalue weighted by atomic mass is 33.1. The first-order valence-electron chi connectivity index (χ1n) is 4.80. The van der Waals surface area contributed by atoms with Gasteiger partial charge in [0.2, 0.25) is 10.0 Å². The molecule has 0 saturated carbocycles. The molecule has 0 N–H and O–H groups in total. The van der Waals surface area contributed by atoms with Crippen LogP contribution in [0.15, 0.2) is 0 Å². The molecule has 1 aliphatic heterocycles. The van der Waals surface area contributed by atoms with Gasteiger partial charge < -0.3 is 0 Å². The zero-order valence-electron chi connectivity index (χ0n) is 9.30. The maximum atomic E-state index is 11.3. The first-order chi connectivity index (χ1) is 6.77. The van der Waals surface area contributed by atoms with Gasteiger partial charge in [-0.05, 0) is 13.8 Å². The van der Waals surface area contributed by atoms with Crippen LogP contribution < -0.4 is 0 Å². The van der Waals surface area contributed by atoms with Gasteiger partial charge in [0.15, 0.2) is 0 Å². The van der Waals surface area contributed by atoms with Crippen LogP contribution in [0, 0.1) is 0 Å². The molecule has 0 bridgehead atoms. The number of hydrogen-bond acceptors (Lipinski definition) is 5. The minimum atomic E-state index is -3.02. The van der Waals surface area contributed by atoms with Crippen molar-refractivity contribution < 1.29 is 8.42 Å². The topological polar surface area (TPSA) is 40.6 Å². The molecule has 7 heteroatoms. The van der Waals surface area contributed by atoms with Gasteiger partial charge in [-0.2, -0.15) is 4.31 Å². The molecule has 0 amide bonds. The van der Waals surface area contributed by atoms with Crippen molar-refractivity contribution in [3.8, 4) is 0 Å². The summed E-state index contributed by atoms with van der Waals surface area (Å²) in [5, 5.41) is 0. The van der Waals surface area contributed by atoms with Crippen LogP contribution >= 0.6 is 22.5 Å². The van der Waals surface area contributed by atoms with Gasteiger partial charge in [0, 0.05) is 26.2 Å². The van der Waals surface area contributed by atoms with Crippen molar-refractivity contribution in [3.05, 3.63) is 0 Å². The lowest BCUT2D eigenvalue weighted by atomic mass is 10.2. The number of nitrogens with zero attached hydrogens (tertiary/aromatic N) is 2. The maximum Gasteiger partial charge on any atom is 0.211 e. The molecule has 1 fully saturated rings. The summed E-state index contributed by atoms with van der Waals surface area (Å²) in [4.78, 5) is 2.22. The monoisotopic (exact) mass is 270 g/mol. The lowest BCUT2D eigenvalue weighted by molar-refractivity contribution is 0.137. The Hall–Kier alpha value is 0.570. The molecule has 90 valence electrons. The van der Waals surface area contributed by atoms with E-state index in [1.54, 1.807) is 0 Å². The van der Waals surface area contributed by atoms with E-state index in [0.717, 1.165) is 13.1 Å². The van der Waals surface area contributed by atoms with Crippen molar-refractivity contribution in [2.24, 2.45) is 0 Å². The second-order valence-electron chi connectivity index (χ2n) is 4.19. The molecule has 1 saturated heterocycles. The quantitative estimate of drug-likeness (QED) is 0.610. The Balaban J connectivity index is 2.57. The molecule has 0 spiro atoms. The van der Waals surface area contributed by atoms with Crippen LogP contribution in [0.2, 0.25) is 0 Å². The first-order valence-corrected chi connectivity index (χ1v) is 8.52. The van der Waals surface area contributed by atoms with E-state index >= 15 is 0 Å². The smallest absolute Gasteiger partial charge is 0.211 e. The second-order valence-corrected chi connectivity index (χ2v) is 7.90. The standard InChI is InChI=1S/C8H18N2O2S3/c1-8(2,14-13)9-4-6-10(7-5-9)15(3,11)12/h13H,4-7H2,1-3H3. The van der Waals surface area contributed by atoms with Crippen molar-refractivity contribution >= 4 is 32.5 Å². The summed E-state index contributed by atoms with van der Waals surface area (Å²) in [7, 11) is -1.53. The van der Waals surface area contributed by atoms with Gasteiger partial charge in [-0.25, -0.2) is 8.42 Å². The first kappa shape index (κ1) is 13.6. The Morgan fingerprint density at radius 2 is 1.67 bits per heavy atom. The number of piperazine rings is 1. The van der Waals surface area contributed by atoms with E-state index in [9.17, 15) is 8.42 Å². The second kappa shape index (κ2) is 4.83. The number of sulfonamides is 1. The van der Waals surface area contributed by atoms with Gasteiger partial charge in [-0.3, -0.25) is 4.90 Å². The molecule has 0 atom stereocenters. The highest BCUT2D eigenvalue weighted by molar-refractivity contribution is 8.69. The normalized spacial score (nSPS) is 21.9. The average molecular weight is 270 g/mol. The summed E-state index contributed by atoms with van der Waals surface area (Å²) in [5.74, 6) is 0. The predicted molar refractivity (Wildman–Crippen MR) is 68.6 cm³/mol. The summed E-state index contributed by atoms with van der Waals surface area (Å²) >= 11 is 4.23. The summed E-state index contributed by atoms with van der Waals surface area (Å²) in [5.41, 5.74) is 0. The van der Waals surface area contributed by atoms with Crippen molar-refractivity contribution in [3.63, 3.8) is 0 Å². The molecule has 0 radical (unpaired) electrons. The van der Waals surface area contributed by atoms with E-state index in [-0.39, 0.29) is 4.87 Å². The Morgan fingerprint density at radius 3 is 2.00 bits per heavy atom.